The molecule has 0 saturated heterocycles. The molecule has 10 rings (SSSR count). The number of carbonyl (C=O) groups excluding carboxylic acids is 4. The van der Waals surface area contributed by atoms with Crippen molar-refractivity contribution in [2.75, 3.05) is 34.9 Å². The maximum atomic E-state index is 13.9. The van der Waals surface area contributed by atoms with E-state index in [4.69, 9.17) is 10.2 Å². The maximum absolute atomic E-state index is 13.9. The Bertz CT molecular complexity index is 4070. The number of aliphatic hydroxyl groups is 1. The largest absolute Gasteiger partial charge is 0.478 e. The zero-order chi connectivity index (χ0) is 60.9. The van der Waals surface area contributed by atoms with Crippen LogP contribution in [0.2, 0.25) is 0 Å². The quantitative estimate of drug-likeness (QED) is 0.0371. The molecular weight excluding hydrogens is 1140 g/mol. The predicted molar refractivity (Wildman–Crippen MR) is 280 cm³/mol. The smallest absolute Gasteiger partial charge is 0.340 e. The highest BCUT2D eigenvalue weighted by molar-refractivity contribution is 6.10. The number of carboxylic acids is 2. The van der Waals surface area contributed by atoms with E-state index in [-0.39, 0.29) is 40.6 Å². The fourth-order valence-corrected chi connectivity index (χ4v) is 7.20. The number of rotatable bonds is 16. The fraction of sp³-hybridized carbons (Fsp3) is 0.0577. The summed E-state index contributed by atoms with van der Waals surface area (Å²) in [7, 11) is 1.07. The van der Waals surface area contributed by atoms with Gasteiger partial charge in [0.25, 0.3) is 17.7 Å². The molecular formula is C52H37F6N17O10. The zero-order valence-corrected chi connectivity index (χ0v) is 42.9. The van der Waals surface area contributed by atoms with Crippen molar-refractivity contribution < 1.29 is 75.2 Å². The highest BCUT2D eigenvalue weighted by atomic mass is 19.2. The van der Waals surface area contributed by atoms with Crippen LogP contribution < -0.4 is 21.3 Å². The Labute approximate surface area is 470 Å². The van der Waals surface area contributed by atoms with E-state index >= 15 is 0 Å². The van der Waals surface area contributed by atoms with Gasteiger partial charge in [0, 0.05) is 61.2 Å². The number of amides is 3. The topological polar surface area (TPSA) is 378 Å². The van der Waals surface area contributed by atoms with E-state index < -0.39 is 99.1 Å². The van der Waals surface area contributed by atoms with Crippen molar-refractivity contribution in [2.45, 2.75) is 6.10 Å². The van der Waals surface area contributed by atoms with Crippen LogP contribution in [0, 0.1) is 34.9 Å². The van der Waals surface area contributed by atoms with Crippen LogP contribution in [0.4, 0.5) is 49.1 Å². The minimum Gasteiger partial charge on any atom is -0.478 e. The number of anilines is 4. The lowest BCUT2D eigenvalue weighted by Gasteiger charge is -2.16. The number of nitrogens with zero attached hydrogens (tertiary/aromatic N) is 11. The first-order valence-corrected chi connectivity index (χ1v) is 23.8. The molecule has 4 aromatic carbocycles. The van der Waals surface area contributed by atoms with E-state index in [1.165, 1.54) is 60.2 Å². The normalized spacial score (nSPS) is 11.0. The summed E-state index contributed by atoms with van der Waals surface area (Å²) < 4.78 is 88.0. The van der Waals surface area contributed by atoms with Crippen LogP contribution in [0.5, 0.6) is 0 Å². The first-order chi connectivity index (χ1) is 40.8. The third kappa shape index (κ3) is 14.5. The first kappa shape index (κ1) is 59.1. The van der Waals surface area contributed by atoms with Crippen LogP contribution in [0.25, 0.3) is 22.8 Å². The van der Waals surface area contributed by atoms with E-state index in [0.717, 1.165) is 7.11 Å². The number of aromatic amines is 2. The number of carbonyl (C=O) groups is 6. The number of aliphatic hydroxyl groups excluding tert-OH is 1. The highest BCUT2D eigenvalue weighted by Crippen LogP contribution is 2.26. The van der Waals surface area contributed by atoms with Crippen molar-refractivity contribution >= 4 is 58.4 Å². The molecule has 6 aromatic heterocycles. The molecule has 1 atom stereocenters. The number of hydrogen-bond acceptors (Lipinski definition) is 18. The Morgan fingerprint density at radius 1 is 0.624 bits per heavy atom. The molecule has 0 aliphatic carbocycles. The van der Waals surface area contributed by atoms with Gasteiger partial charge in [-0.1, -0.05) is 35.5 Å². The van der Waals surface area contributed by atoms with E-state index in [9.17, 15) is 60.2 Å². The predicted octanol–water partition coefficient (Wildman–Crippen LogP) is 6.44. The Kier molecular flexibility index (Phi) is 18.4. The fourth-order valence-electron chi connectivity index (χ4n) is 7.20. The second-order valence-corrected chi connectivity index (χ2v) is 16.9. The number of ether oxygens (including phenoxy) is 1. The zero-order valence-electron chi connectivity index (χ0n) is 42.9. The minimum absolute atomic E-state index is 0.0118. The summed E-state index contributed by atoms with van der Waals surface area (Å²) in [5, 5.41) is 73.8. The summed E-state index contributed by atoms with van der Waals surface area (Å²) in [4.78, 5) is 75.5. The van der Waals surface area contributed by atoms with Crippen molar-refractivity contribution in [1.29, 1.82) is 0 Å². The molecule has 0 aliphatic rings. The summed E-state index contributed by atoms with van der Waals surface area (Å²) in [5.41, 5.74) is -0.714. The average molecular weight is 1170 g/mol. The van der Waals surface area contributed by atoms with Gasteiger partial charge >= 0.3 is 17.9 Å². The standard InChI is InChI=1S/C24H20F2N6O4.C15H9F2N5O3.C13H8F2N6O3/c1-36-24(35)15-9-16(25)17(26)10-18(15)29-23(34)22-19(11-21(30-31-22)32-8-7-27-13-32)28-12-20(33)14-5-3-2-4-6-14;16-9-3-8(15(24)25)13(4-10(9)17)20-14(23)12-2-1-11(21-22-12)7-5-18-19-6-7;14-8-1-7(13(23)24)10(2-9(8)15)18-12(22)11-5-21(20-19-11)6-3-16-17-4-6/h2-11,13,20,33H,12H2,1H3,(H,28,30)(H,29,34);1-6H,(H,18,19)(H,20,23)(H,24,25);1-5H,(H,16,17)(H,18,22)(H,23,24). The van der Waals surface area contributed by atoms with Gasteiger partial charge in [-0.3, -0.25) is 29.1 Å². The minimum atomic E-state index is -1.52. The van der Waals surface area contributed by atoms with Crippen LogP contribution >= 0.6 is 0 Å². The summed E-state index contributed by atoms with van der Waals surface area (Å²) in [5.74, 6) is -14.0. The molecule has 1 unspecified atom stereocenters. The van der Waals surface area contributed by atoms with Crippen molar-refractivity contribution in [1.82, 2.24) is 65.3 Å². The first-order valence-electron chi connectivity index (χ1n) is 23.8. The lowest BCUT2D eigenvalue weighted by atomic mass is 10.1. The molecule has 0 aliphatic heterocycles. The Balaban J connectivity index is 0.000000171. The van der Waals surface area contributed by atoms with Gasteiger partial charge < -0.3 is 41.3 Å². The van der Waals surface area contributed by atoms with E-state index in [1.54, 1.807) is 41.2 Å². The maximum Gasteiger partial charge on any atom is 0.340 e. The molecule has 27 nitrogen and oxygen atoms in total. The van der Waals surface area contributed by atoms with E-state index in [0.29, 0.717) is 64.7 Å². The van der Waals surface area contributed by atoms with Crippen molar-refractivity contribution in [3.05, 3.63) is 209 Å². The van der Waals surface area contributed by atoms with Gasteiger partial charge in [0.1, 0.15) is 12.0 Å². The lowest BCUT2D eigenvalue weighted by molar-refractivity contribution is 0.0599. The Morgan fingerprint density at radius 3 is 1.74 bits per heavy atom. The Hall–Kier alpha value is -12.0. The number of imidazole rings is 1. The number of aromatic carboxylic acids is 2. The molecule has 9 N–H and O–H groups in total. The van der Waals surface area contributed by atoms with E-state index in [1.807, 2.05) is 6.07 Å². The number of nitrogens with one attached hydrogen (secondary N) is 6. The summed E-state index contributed by atoms with van der Waals surface area (Å²) >= 11 is 0. The molecule has 432 valence electrons. The number of aromatic nitrogens is 13. The highest BCUT2D eigenvalue weighted by Gasteiger charge is 2.25. The van der Waals surface area contributed by atoms with Crippen molar-refractivity contribution in [3.63, 3.8) is 0 Å². The molecule has 0 radical (unpaired) electrons. The second kappa shape index (κ2) is 26.5. The number of methoxy groups -OCH3 is 1. The third-order valence-electron chi connectivity index (χ3n) is 11.4. The number of esters is 1. The van der Waals surface area contributed by atoms with Crippen LogP contribution in [-0.4, -0.2) is 130 Å². The lowest BCUT2D eigenvalue weighted by Crippen LogP contribution is -2.21. The molecule has 0 bridgehead atoms. The average Bonchev–Trinajstić information content (AvgIpc) is 4.53. The molecule has 10 aromatic rings. The number of carboxylic acid groups (broad SMARTS) is 2. The van der Waals surface area contributed by atoms with Gasteiger partial charge in [0.15, 0.2) is 57.8 Å². The van der Waals surface area contributed by atoms with Crippen LogP contribution in [-0.2, 0) is 4.74 Å². The summed E-state index contributed by atoms with van der Waals surface area (Å²) in [6, 6.07) is 16.7. The van der Waals surface area contributed by atoms with Crippen LogP contribution in [0.15, 0.2) is 135 Å². The number of halogens is 6. The summed E-state index contributed by atoms with van der Waals surface area (Å²) in [6.45, 7) is 0.0118. The number of hydrogen-bond donors (Lipinski definition) is 9. The van der Waals surface area contributed by atoms with Gasteiger partial charge in [-0.15, -0.1) is 25.5 Å². The van der Waals surface area contributed by atoms with E-state index in [2.05, 4.69) is 82.1 Å². The molecule has 0 fully saturated rings. The van der Waals surface area contributed by atoms with Gasteiger partial charge in [-0.05, 0) is 35.9 Å². The van der Waals surface area contributed by atoms with Gasteiger partial charge in [0.2, 0.25) is 0 Å². The van der Waals surface area contributed by atoms with Crippen molar-refractivity contribution in [2.24, 2.45) is 0 Å². The molecule has 0 spiro atoms. The van der Waals surface area contributed by atoms with Crippen LogP contribution in [0.1, 0.15) is 74.2 Å². The monoisotopic (exact) mass is 1170 g/mol. The molecule has 3 amide bonds. The summed E-state index contributed by atoms with van der Waals surface area (Å²) in [6.07, 6.45) is 11.0. The van der Waals surface area contributed by atoms with Gasteiger partial charge in [-0.2, -0.15) is 10.2 Å². The van der Waals surface area contributed by atoms with Crippen LogP contribution in [0.3, 0.4) is 0 Å². The van der Waals surface area contributed by atoms with Gasteiger partial charge in [-0.25, -0.2) is 50.4 Å². The Morgan fingerprint density at radius 2 is 1.20 bits per heavy atom. The number of H-pyrrole nitrogens is 2. The second-order valence-electron chi connectivity index (χ2n) is 16.9. The molecule has 6 heterocycles. The van der Waals surface area contributed by atoms with Crippen molar-refractivity contribution in [3.8, 4) is 22.8 Å². The SMILES string of the molecule is COC(=O)c1cc(F)c(F)cc1NC(=O)c1nnc(-n2ccnc2)cc1NCC(O)c1ccccc1.O=C(Nc1cc(F)c(F)cc1C(=O)O)c1ccc(-c2cn[nH]c2)nn1.O=C(Nc1cc(F)c(F)cc1C(=O)O)c1cn(-c2cn[nH]c2)nn1. The molecule has 0 saturated carbocycles. The molecule has 85 heavy (non-hydrogen) atoms. The molecule has 33 heteroatoms. The third-order valence-corrected chi connectivity index (χ3v) is 11.4. The van der Waals surface area contributed by atoms with Gasteiger partial charge in [0.05, 0.1) is 76.9 Å². The number of benzene rings is 4.